The molecule has 2 N–H and O–H groups in total. The van der Waals surface area contributed by atoms with E-state index in [1.54, 1.807) is 6.07 Å². The molecule has 0 saturated carbocycles. The van der Waals surface area contributed by atoms with E-state index in [9.17, 15) is 4.79 Å². The molecule has 0 spiro atoms. The van der Waals surface area contributed by atoms with Gasteiger partial charge in [0.25, 0.3) is 0 Å². The van der Waals surface area contributed by atoms with Crippen LogP contribution in [0.25, 0.3) is 0 Å². The quantitative estimate of drug-likeness (QED) is 0.591. The van der Waals surface area contributed by atoms with Crippen LogP contribution in [0.15, 0.2) is 18.2 Å². The number of hydrogen-bond acceptors (Lipinski definition) is 4. The molecule has 1 heterocycles. The summed E-state index contributed by atoms with van der Waals surface area (Å²) >= 11 is 0. The maximum atomic E-state index is 10.6. The number of benzene rings is 1. The van der Waals surface area contributed by atoms with E-state index in [4.69, 9.17) is 5.73 Å². The van der Waals surface area contributed by atoms with Gasteiger partial charge in [-0.15, -0.1) is 0 Å². The first kappa shape index (κ1) is 11.0. The van der Waals surface area contributed by atoms with Crippen LogP contribution in [0.3, 0.4) is 0 Å². The molecule has 1 fully saturated rings. The Morgan fingerprint density at radius 3 is 2.50 bits per heavy atom. The number of aldehydes is 1. The maximum Gasteiger partial charge on any atom is 0.150 e. The van der Waals surface area contributed by atoms with E-state index >= 15 is 0 Å². The van der Waals surface area contributed by atoms with Crippen LogP contribution in [0.4, 0.5) is 11.4 Å². The van der Waals surface area contributed by atoms with Gasteiger partial charge in [-0.3, -0.25) is 4.79 Å². The lowest BCUT2D eigenvalue weighted by atomic mass is 10.1. The summed E-state index contributed by atoms with van der Waals surface area (Å²) in [5, 5.41) is 0. The highest BCUT2D eigenvalue weighted by Gasteiger charge is 2.16. The standard InChI is InChI=1S/C12H17N3O/c1-14-4-6-15(7-5-14)12-3-2-10(9-16)8-11(12)13/h2-3,8-9H,4-7,13H2,1H3. The molecule has 16 heavy (non-hydrogen) atoms. The Morgan fingerprint density at radius 2 is 1.94 bits per heavy atom. The van der Waals surface area contributed by atoms with Crippen molar-refractivity contribution in [2.45, 2.75) is 0 Å². The van der Waals surface area contributed by atoms with Gasteiger partial charge in [0.2, 0.25) is 0 Å². The van der Waals surface area contributed by atoms with Crippen molar-refractivity contribution in [2.75, 3.05) is 43.9 Å². The summed E-state index contributed by atoms with van der Waals surface area (Å²) in [5.41, 5.74) is 8.31. The average molecular weight is 219 g/mol. The third-order valence-corrected chi connectivity index (χ3v) is 3.03. The van der Waals surface area contributed by atoms with E-state index in [2.05, 4.69) is 16.8 Å². The number of carbonyl (C=O) groups is 1. The molecule has 1 aliphatic heterocycles. The Kier molecular flexibility index (Phi) is 3.10. The van der Waals surface area contributed by atoms with Crippen molar-refractivity contribution in [3.8, 4) is 0 Å². The molecule has 0 radical (unpaired) electrons. The van der Waals surface area contributed by atoms with E-state index in [0.717, 1.165) is 38.2 Å². The summed E-state index contributed by atoms with van der Waals surface area (Å²) in [6.07, 6.45) is 0.824. The summed E-state index contributed by atoms with van der Waals surface area (Å²) in [5.74, 6) is 0. The molecular formula is C12H17N3O. The number of nitrogen functional groups attached to an aromatic ring is 1. The summed E-state index contributed by atoms with van der Waals surface area (Å²) in [6, 6.07) is 5.49. The molecule has 1 aromatic rings. The van der Waals surface area contributed by atoms with Crippen LogP contribution in [0.2, 0.25) is 0 Å². The molecule has 2 rings (SSSR count). The zero-order chi connectivity index (χ0) is 11.5. The molecule has 0 aromatic heterocycles. The second kappa shape index (κ2) is 4.53. The van der Waals surface area contributed by atoms with Crippen molar-refractivity contribution in [2.24, 2.45) is 0 Å². The fourth-order valence-electron chi connectivity index (χ4n) is 1.98. The Balaban J connectivity index is 2.17. The second-order valence-corrected chi connectivity index (χ2v) is 4.23. The second-order valence-electron chi connectivity index (χ2n) is 4.23. The van der Waals surface area contributed by atoms with Crippen LogP contribution in [-0.2, 0) is 0 Å². The molecule has 4 nitrogen and oxygen atoms in total. The van der Waals surface area contributed by atoms with Crippen LogP contribution in [-0.4, -0.2) is 44.4 Å². The predicted molar refractivity (Wildman–Crippen MR) is 66.0 cm³/mol. The molecule has 0 bridgehead atoms. The minimum Gasteiger partial charge on any atom is -0.397 e. The summed E-state index contributed by atoms with van der Waals surface area (Å²) < 4.78 is 0. The third kappa shape index (κ3) is 2.17. The zero-order valence-electron chi connectivity index (χ0n) is 9.52. The van der Waals surface area contributed by atoms with E-state index < -0.39 is 0 Å². The molecule has 1 saturated heterocycles. The van der Waals surface area contributed by atoms with Gasteiger partial charge in [0.1, 0.15) is 6.29 Å². The summed E-state index contributed by atoms with van der Waals surface area (Å²) in [4.78, 5) is 15.2. The van der Waals surface area contributed by atoms with Gasteiger partial charge < -0.3 is 15.5 Å². The first-order valence-corrected chi connectivity index (χ1v) is 5.49. The molecule has 1 aromatic carbocycles. The van der Waals surface area contributed by atoms with Gasteiger partial charge in [-0.05, 0) is 25.2 Å². The summed E-state index contributed by atoms with van der Waals surface area (Å²) in [7, 11) is 2.12. The van der Waals surface area contributed by atoms with Crippen LogP contribution in [0, 0.1) is 0 Å². The lowest BCUT2D eigenvalue weighted by molar-refractivity contribution is 0.112. The minimum atomic E-state index is 0.635. The van der Waals surface area contributed by atoms with E-state index in [1.807, 2.05) is 12.1 Å². The van der Waals surface area contributed by atoms with Gasteiger partial charge in [-0.25, -0.2) is 0 Å². The van der Waals surface area contributed by atoms with Crippen molar-refractivity contribution < 1.29 is 4.79 Å². The first-order chi connectivity index (χ1) is 7.70. The van der Waals surface area contributed by atoms with Gasteiger partial charge >= 0.3 is 0 Å². The maximum absolute atomic E-state index is 10.6. The predicted octanol–water partition coefficient (Wildman–Crippen LogP) is 0.833. The first-order valence-electron chi connectivity index (χ1n) is 5.49. The Hall–Kier alpha value is -1.55. The minimum absolute atomic E-state index is 0.635. The number of piperazine rings is 1. The highest BCUT2D eigenvalue weighted by molar-refractivity contribution is 5.81. The Labute approximate surface area is 95.6 Å². The number of nitrogens with two attached hydrogens (primary N) is 1. The van der Waals surface area contributed by atoms with Gasteiger partial charge in [-0.2, -0.15) is 0 Å². The SMILES string of the molecule is CN1CCN(c2ccc(C=O)cc2N)CC1. The third-order valence-electron chi connectivity index (χ3n) is 3.03. The lowest BCUT2D eigenvalue weighted by Gasteiger charge is -2.34. The number of anilines is 2. The van der Waals surface area contributed by atoms with Gasteiger partial charge in [0, 0.05) is 31.7 Å². The average Bonchev–Trinajstić information content (AvgIpc) is 2.30. The molecule has 0 amide bonds. The van der Waals surface area contributed by atoms with Crippen molar-refractivity contribution in [3.05, 3.63) is 23.8 Å². The van der Waals surface area contributed by atoms with Gasteiger partial charge in [0.05, 0.1) is 11.4 Å². The monoisotopic (exact) mass is 219 g/mol. The largest absolute Gasteiger partial charge is 0.397 e. The molecule has 1 aliphatic rings. The molecule has 4 heteroatoms. The van der Waals surface area contributed by atoms with Crippen molar-refractivity contribution in [1.82, 2.24) is 4.90 Å². The molecule has 0 aliphatic carbocycles. The van der Waals surface area contributed by atoms with Gasteiger partial charge in [0.15, 0.2) is 0 Å². The molecular weight excluding hydrogens is 202 g/mol. The topological polar surface area (TPSA) is 49.6 Å². The Bertz CT molecular complexity index is 384. The van der Waals surface area contributed by atoms with Crippen molar-refractivity contribution in [1.29, 1.82) is 0 Å². The number of likely N-dealkylation sites (N-methyl/N-ethyl adjacent to an activating group) is 1. The molecule has 0 unspecified atom stereocenters. The smallest absolute Gasteiger partial charge is 0.150 e. The van der Waals surface area contributed by atoms with Crippen LogP contribution < -0.4 is 10.6 Å². The van der Waals surface area contributed by atoms with E-state index in [0.29, 0.717) is 11.3 Å². The number of carbonyl (C=O) groups excluding carboxylic acids is 1. The molecule has 0 atom stereocenters. The van der Waals surface area contributed by atoms with Crippen LogP contribution in [0.1, 0.15) is 10.4 Å². The molecule has 86 valence electrons. The zero-order valence-corrected chi connectivity index (χ0v) is 9.52. The van der Waals surface area contributed by atoms with E-state index in [1.165, 1.54) is 0 Å². The van der Waals surface area contributed by atoms with Crippen LogP contribution in [0.5, 0.6) is 0 Å². The number of nitrogens with zero attached hydrogens (tertiary/aromatic N) is 2. The van der Waals surface area contributed by atoms with Crippen LogP contribution >= 0.6 is 0 Å². The fraction of sp³-hybridized carbons (Fsp3) is 0.417. The van der Waals surface area contributed by atoms with Crippen molar-refractivity contribution in [3.63, 3.8) is 0 Å². The number of rotatable bonds is 2. The van der Waals surface area contributed by atoms with Crippen molar-refractivity contribution >= 4 is 17.7 Å². The summed E-state index contributed by atoms with van der Waals surface area (Å²) in [6.45, 7) is 4.08. The Morgan fingerprint density at radius 1 is 1.25 bits per heavy atom. The normalized spacial score (nSPS) is 17.4. The van der Waals surface area contributed by atoms with E-state index in [-0.39, 0.29) is 0 Å². The highest BCUT2D eigenvalue weighted by Crippen LogP contribution is 2.24. The number of hydrogen-bond donors (Lipinski definition) is 1. The fourth-order valence-corrected chi connectivity index (χ4v) is 1.98. The van der Waals surface area contributed by atoms with Gasteiger partial charge in [-0.1, -0.05) is 0 Å². The lowest BCUT2D eigenvalue weighted by Crippen LogP contribution is -2.44. The highest BCUT2D eigenvalue weighted by atomic mass is 16.1.